The maximum absolute atomic E-state index is 7.29. The minimum absolute atomic E-state index is 0.157. The smallest absolute Gasteiger partial charge is 0.160 e. The van der Waals surface area contributed by atoms with E-state index >= 15 is 0 Å². The highest BCUT2D eigenvalue weighted by atomic mass is 16.3. The van der Waals surface area contributed by atoms with Gasteiger partial charge in [0.25, 0.3) is 0 Å². The van der Waals surface area contributed by atoms with Crippen LogP contribution in [-0.4, -0.2) is 0 Å². The molecule has 11 aromatic rings. The SMILES string of the molecule is CC1(C)c2ccccc2-c2ccc(-c3ccc4c(oc5ccc6oc7ccccc7c6c54)c3N(c3ccc4c(c3)C(C)(C)c3ccccc3-4)c3cccc4ccccc34)cc21. The summed E-state index contributed by atoms with van der Waals surface area (Å²) < 4.78 is 13.8. The third-order valence-electron chi connectivity index (χ3n) is 14.1. The molecule has 0 unspecified atom stereocenters. The molecule has 2 aromatic heterocycles. The summed E-state index contributed by atoms with van der Waals surface area (Å²) in [5, 5.41) is 6.64. The number of hydrogen-bond acceptors (Lipinski definition) is 3. The van der Waals surface area contributed by atoms with Crippen molar-refractivity contribution in [1.29, 1.82) is 0 Å². The molecule has 2 heterocycles. The Morgan fingerprint density at radius 2 is 0.967 bits per heavy atom. The molecule has 61 heavy (non-hydrogen) atoms. The summed E-state index contributed by atoms with van der Waals surface area (Å²) in [7, 11) is 0. The molecule has 0 amide bonds. The molecule has 0 saturated heterocycles. The van der Waals surface area contributed by atoms with Gasteiger partial charge in [-0.05, 0) is 104 Å². The van der Waals surface area contributed by atoms with E-state index in [0.29, 0.717) is 0 Å². The van der Waals surface area contributed by atoms with E-state index in [1.807, 2.05) is 6.07 Å². The fourth-order valence-electron chi connectivity index (χ4n) is 11.1. The molecule has 0 saturated carbocycles. The van der Waals surface area contributed by atoms with Crippen molar-refractivity contribution in [3.63, 3.8) is 0 Å². The first-order valence-electron chi connectivity index (χ1n) is 21.3. The van der Waals surface area contributed by atoms with Crippen LogP contribution in [-0.2, 0) is 10.8 Å². The van der Waals surface area contributed by atoms with Gasteiger partial charge in [0, 0.05) is 49.0 Å². The van der Waals surface area contributed by atoms with E-state index < -0.39 is 0 Å². The molecule has 3 heteroatoms. The van der Waals surface area contributed by atoms with Crippen LogP contribution in [0.3, 0.4) is 0 Å². The minimum Gasteiger partial charge on any atom is -0.456 e. The summed E-state index contributed by atoms with van der Waals surface area (Å²) >= 11 is 0. The van der Waals surface area contributed by atoms with Crippen LogP contribution in [0.4, 0.5) is 17.1 Å². The first-order valence-corrected chi connectivity index (χ1v) is 21.3. The van der Waals surface area contributed by atoms with Gasteiger partial charge in [-0.25, -0.2) is 0 Å². The number of benzene rings is 9. The summed E-state index contributed by atoms with van der Waals surface area (Å²) in [5.74, 6) is 0. The number of para-hydroxylation sites is 1. The Kier molecular flexibility index (Phi) is 6.85. The van der Waals surface area contributed by atoms with Gasteiger partial charge in [0.2, 0.25) is 0 Å². The van der Waals surface area contributed by atoms with Crippen LogP contribution in [0.5, 0.6) is 0 Å². The van der Waals surface area contributed by atoms with Crippen LogP contribution in [0, 0.1) is 0 Å². The van der Waals surface area contributed by atoms with Crippen molar-refractivity contribution < 1.29 is 8.83 Å². The molecule has 0 radical (unpaired) electrons. The van der Waals surface area contributed by atoms with Crippen molar-refractivity contribution in [1.82, 2.24) is 0 Å². The second-order valence-electron chi connectivity index (χ2n) is 18.0. The van der Waals surface area contributed by atoms with Crippen molar-refractivity contribution in [2.24, 2.45) is 0 Å². The fourth-order valence-corrected chi connectivity index (χ4v) is 11.1. The Morgan fingerprint density at radius 3 is 1.74 bits per heavy atom. The van der Waals surface area contributed by atoms with Gasteiger partial charge in [-0.3, -0.25) is 0 Å². The number of rotatable bonds is 4. The third-order valence-corrected chi connectivity index (χ3v) is 14.1. The highest BCUT2D eigenvalue weighted by Crippen LogP contribution is 2.55. The zero-order chi connectivity index (χ0) is 40.8. The lowest BCUT2D eigenvalue weighted by Gasteiger charge is -2.31. The number of fused-ring (bicyclic) bond motifs is 14. The van der Waals surface area contributed by atoms with Crippen LogP contribution in [0.1, 0.15) is 49.9 Å². The Morgan fingerprint density at radius 1 is 0.393 bits per heavy atom. The van der Waals surface area contributed by atoms with E-state index in [0.717, 1.165) is 72.1 Å². The van der Waals surface area contributed by atoms with Crippen molar-refractivity contribution in [3.05, 3.63) is 198 Å². The molecule has 0 aliphatic heterocycles. The first kappa shape index (κ1) is 34.5. The minimum atomic E-state index is -0.185. The Bertz CT molecular complexity index is 3660. The summed E-state index contributed by atoms with van der Waals surface area (Å²) in [6, 6.07) is 64.4. The van der Waals surface area contributed by atoms with E-state index in [-0.39, 0.29) is 10.8 Å². The first-order chi connectivity index (χ1) is 29.8. The quantitative estimate of drug-likeness (QED) is 0.178. The normalized spacial score (nSPS) is 14.5. The van der Waals surface area contributed by atoms with Gasteiger partial charge in [-0.1, -0.05) is 155 Å². The lowest BCUT2D eigenvalue weighted by molar-refractivity contribution is 0.660. The van der Waals surface area contributed by atoms with Crippen molar-refractivity contribution in [2.75, 3.05) is 4.90 Å². The molecule has 3 nitrogen and oxygen atoms in total. The maximum Gasteiger partial charge on any atom is 0.160 e. The van der Waals surface area contributed by atoms with Crippen LogP contribution >= 0.6 is 0 Å². The van der Waals surface area contributed by atoms with Gasteiger partial charge in [-0.15, -0.1) is 0 Å². The molecule has 13 rings (SSSR count). The number of nitrogens with zero attached hydrogens (tertiary/aromatic N) is 1. The summed E-state index contributed by atoms with van der Waals surface area (Å²) in [6.07, 6.45) is 0. The summed E-state index contributed by atoms with van der Waals surface area (Å²) in [4.78, 5) is 2.49. The highest BCUT2D eigenvalue weighted by Gasteiger charge is 2.38. The summed E-state index contributed by atoms with van der Waals surface area (Å²) in [6.45, 7) is 9.44. The van der Waals surface area contributed by atoms with Gasteiger partial charge in [-0.2, -0.15) is 0 Å². The van der Waals surface area contributed by atoms with E-state index in [4.69, 9.17) is 8.83 Å². The van der Waals surface area contributed by atoms with Gasteiger partial charge in [0.1, 0.15) is 16.7 Å². The average molecular weight is 784 g/mol. The van der Waals surface area contributed by atoms with E-state index in [1.165, 1.54) is 55.3 Å². The number of anilines is 3. The Hall–Kier alpha value is -7.36. The molecular formula is C58H41NO2. The molecule has 0 bridgehead atoms. The van der Waals surface area contributed by atoms with Crippen LogP contribution in [0.25, 0.3) is 88.0 Å². The van der Waals surface area contributed by atoms with Crippen molar-refractivity contribution >= 4 is 71.7 Å². The third kappa shape index (κ3) is 4.64. The number of furan rings is 2. The topological polar surface area (TPSA) is 29.5 Å². The second-order valence-corrected chi connectivity index (χ2v) is 18.0. The van der Waals surface area contributed by atoms with E-state index in [9.17, 15) is 0 Å². The fraction of sp³-hybridized carbons (Fsp3) is 0.103. The molecule has 9 aromatic carbocycles. The number of hydrogen-bond donors (Lipinski definition) is 0. The molecule has 0 atom stereocenters. The predicted molar refractivity (Wildman–Crippen MR) is 254 cm³/mol. The highest BCUT2D eigenvalue weighted by molar-refractivity contribution is 6.28. The largest absolute Gasteiger partial charge is 0.456 e. The molecule has 0 N–H and O–H groups in total. The molecular weight excluding hydrogens is 743 g/mol. The van der Waals surface area contributed by atoms with Gasteiger partial charge >= 0.3 is 0 Å². The van der Waals surface area contributed by atoms with Gasteiger partial charge in [0.05, 0.1) is 11.4 Å². The van der Waals surface area contributed by atoms with Crippen LogP contribution in [0.2, 0.25) is 0 Å². The predicted octanol–water partition coefficient (Wildman–Crippen LogP) is 16.4. The summed E-state index contributed by atoms with van der Waals surface area (Å²) in [5.41, 5.74) is 19.1. The van der Waals surface area contributed by atoms with Crippen molar-refractivity contribution in [2.45, 2.75) is 38.5 Å². The molecule has 0 spiro atoms. The van der Waals surface area contributed by atoms with E-state index in [1.54, 1.807) is 0 Å². The molecule has 290 valence electrons. The second kappa shape index (κ2) is 12.1. The standard InChI is InChI=1S/C58H41NO2/c1-57(2)45-20-10-7-17-39(45)41-26-24-35(32-47(41)57)38-28-29-44-54-52(31-30-51-53(54)43-19-9-12-23-50(43)60-51)61-56(44)55(38)59(49-22-13-15-34-14-5-6-16-37(34)49)36-25-27-42-40-18-8-11-21-46(40)58(3,4)48(42)33-36/h5-33H,1-4H3. The zero-order valence-corrected chi connectivity index (χ0v) is 34.5. The maximum atomic E-state index is 7.29. The zero-order valence-electron chi connectivity index (χ0n) is 34.5. The Labute approximate surface area is 354 Å². The average Bonchev–Trinajstić information content (AvgIpc) is 3.99. The molecule has 2 aliphatic carbocycles. The van der Waals surface area contributed by atoms with Crippen molar-refractivity contribution in [3.8, 4) is 33.4 Å². The van der Waals surface area contributed by atoms with Crippen LogP contribution in [0.15, 0.2) is 185 Å². The monoisotopic (exact) mass is 783 g/mol. The van der Waals surface area contributed by atoms with Gasteiger partial charge in [0.15, 0.2) is 5.58 Å². The Balaban J connectivity index is 1.16. The van der Waals surface area contributed by atoms with Gasteiger partial charge < -0.3 is 13.7 Å². The van der Waals surface area contributed by atoms with Crippen LogP contribution < -0.4 is 4.90 Å². The lowest BCUT2D eigenvalue weighted by atomic mass is 9.81. The molecule has 2 aliphatic rings. The van der Waals surface area contributed by atoms with E-state index in [2.05, 4.69) is 202 Å². The lowest BCUT2D eigenvalue weighted by Crippen LogP contribution is -2.17. The molecule has 0 fully saturated rings.